The number of carbonyl (C=O) groups excluding carboxylic acids is 2. The van der Waals surface area contributed by atoms with E-state index in [1.54, 1.807) is 23.9 Å². The Morgan fingerprint density at radius 1 is 0.639 bits per heavy atom. The zero-order chi connectivity index (χ0) is 25.3. The first kappa shape index (κ1) is 25.6. The molecule has 0 aliphatic heterocycles. The lowest BCUT2D eigenvalue weighted by Gasteiger charge is -2.12. The molecule has 2 aromatic heterocycles. The second kappa shape index (κ2) is 12.5. The molecule has 0 bridgehead atoms. The van der Waals surface area contributed by atoms with Gasteiger partial charge in [0.15, 0.2) is 0 Å². The summed E-state index contributed by atoms with van der Waals surface area (Å²) in [5.41, 5.74) is 1.95. The van der Waals surface area contributed by atoms with Crippen LogP contribution in [0.3, 0.4) is 0 Å². The number of amides is 2. The molecule has 0 N–H and O–H groups in total. The van der Waals surface area contributed by atoms with E-state index in [2.05, 4.69) is 20.4 Å². The van der Waals surface area contributed by atoms with E-state index in [1.165, 1.54) is 22.7 Å². The Morgan fingerprint density at radius 3 is 1.42 bits per heavy atom. The summed E-state index contributed by atoms with van der Waals surface area (Å²) in [5, 5.41) is 20.0. The molecule has 4 rings (SSSR count). The summed E-state index contributed by atoms with van der Waals surface area (Å²) in [6.45, 7) is 0. The first-order valence-corrected chi connectivity index (χ1v) is 13.4. The molecule has 4 aromatic rings. The van der Waals surface area contributed by atoms with Gasteiger partial charge in [0, 0.05) is 26.9 Å². The smallest absolute Gasteiger partial charge is 0.232 e. The van der Waals surface area contributed by atoms with Crippen LogP contribution in [-0.4, -0.2) is 46.3 Å². The average molecular weight is 521 g/mol. The van der Waals surface area contributed by atoms with Crippen LogP contribution in [0.25, 0.3) is 0 Å². The summed E-state index contributed by atoms with van der Waals surface area (Å²) in [7, 11) is 3.48. The summed E-state index contributed by atoms with van der Waals surface area (Å²) in [6, 6.07) is 19.4. The molecule has 2 amide bonds. The number of unbranched alkanes of at least 4 members (excludes halogenated alkanes) is 1. The molecule has 2 heterocycles. The molecule has 0 saturated heterocycles. The molecule has 0 unspecified atom stereocenters. The molecular weight excluding hydrogens is 492 g/mol. The van der Waals surface area contributed by atoms with Crippen molar-refractivity contribution in [3.05, 3.63) is 81.8 Å². The Morgan fingerprint density at radius 2 is 1.03 bits per heavy atom. The van der Waals surface area contributed by atoms with E-state index < -0.39 is 0 Å². The van der Waals surface area contributed by atoms with Gasteiger partial charge in [-0.3, -0.25) is 19.4 Å². The van der Waals surface area contributed by atoms with Crippen molar-refractivity contribution >= 4 is 44.8 Å². The molecule has 36 heavy (non-hydrogen) atoms. The maximum absolute atomic E-state index is 12.6. The minimum absolute atomic E-state index is 0.0109. The zero-order valence-electron chi connectivity index (χ0n) is 20.3. The van der Waals surface area contributed by atoms with Crippen LogP contribution in [0.2, 0.25) is 0 Å². The van der Waals surface area contributed by atoms with Crippen molar-refractivity contribution in [1.29, 1.82) is 0 Å². The largest absolute Gasteiger partial charge is 0.290 e. The van der Waals surface area contributed by atoms with E-state index in [0.29, 0.717) is 23.1 Å². The molecular formula is C26H28N6O2S2. The van der Waals surface area contributed by atoms with E-state index >= 15 is 0 Å². The number of anilines is 2. The zero-order valence-corrected chi connectivity index (χ0v) is 22.0. The topological polar surface area (TPSA) is 92.2 Å². The minimum atomic E-state index is -0.0109. The Labute approximate surface area is 218 Å². The number of likely N-dealkylation sites (N-methyl/N-ethyl adjacent to an activating group) is 2. The van der Waals surface area contributed by atoms with Gasteiger partial charge < -0.3 is 0 Å². The van der Waals surface area contributed by atoms with Gasteiger partial charge in [0.2, 0.25) is 22.1 Å². The fourth-order valence-electron chi connectivity index (χ4n) is 3.51. The Balaban J connectivity index is 1.20. The Kier molecular flexibility index (Phi) is 8.85. The van der Waals surface area contributed by atoms with Gasteiger partial charge in [-0.1, -0.05) is 83.3 Å². The van der Waals surface area contributed by atoms with Gasteiger partial charge in [-0.25, -0.2) is 0 Å². The first-order valence-electron chi connectivity index (χ1n) is 11.8. The standard InChI is InChI=1S/C26H28N6O2S2/c1-31(23(33)17-19-11-5-3-6-12-19)25-29-27-21(35-25)15-9-10-16-22-28-30-26(36-22)32(2)24(34)18-20-13-7-4-8-14-20/h3-8,11-14H,9-10,15-18H2,1-2H3. The third-order valence-electron chi connectivity index (χ3n) is 5.66. The monoisotopic (exact) mass is 520 g/mol. The number of rotatable bonds is 11. The van der Waals surface area contributed by atoms with Crippen LogP contribution in [0.15, 0.2) is 60.7 Å². The van der Waals surface area contributed by atoms with Crippen LogP contribution >= 0.6 is 22.7 Å². The molecule has 0 aliphatic carbocycles. The Bertz CT molecular complexity index is 1180. The first-order chi connectivity index (χ1) is 17.5. The quantitative estimate of drug-likeness (QED) is 0.273. The highest BCUT2D eigenvalue weighted by Gasteiger charge is 2.17. The Hall–Kier alpha value is -3.50. The minimum Gasteiger partial charge on any atom is -0.290 e. The predicted molar refractivity (Wildman–Crippen MR) is 144 cm³/mol. The number of aromatic nitrogens is 4. The van der Waals surface area contributed by atoms with Gasteiger partial charge in [0.1, 0.15) is 10.0 Å². The van der Waals surface area contributed by atoms with Crippen LogP contribution in [0.4, 0.5) is 10.3 Å². The van der Waals surface area contributed by atoms with E-state index in [-0.39, 0.29) is 11.8 Å². The van der Waals surface area contributed by atoms with Crippen molar-refractivity contribution in [1.82, 2.24) is 20.4 Å². The second-order valence-electron chi connectivity index (χ2n) is 8.39. The summed E-state index contributed by atoms with van der Waals surface area (Å²) in [4.78, 5) is 28.3. The third kappa shape index (κ3) is 7.02. The van der Waals surface area contributed by atoms with Gasteiger partial charge in [-0.2, -0.15) is 0 Å². The van der Waals surface area contributed by atoms with Crippen molar-refractivity contribution in [2.75, 3.05) is 23.9 Å². The number of hydrogen-bond acceptors (Lipinski definition) is 8. The number of carbonyl (C=O) groups is 2. The number of hydrogen-bond donors (Lipinski definition) is 0. The second-order valence-corrected chi connectivity index (χ2v) is 10.5. The lowest BCUT2D eigenvalue weighted by molar-refractivity contribution is -0.118. The maximum Gasteiger partial charge on any atom is 0.232 e. The molecule has 0 spiro atoms. The van der Waals surface area contributed by atoms with Crippen molar-refractivity contribution in [2.24, 2.45) is 0 Å². The fraction of sp³-hybridized carbons (Fsp3) is 0.308. The fourth-order valence-corrected chi connectivity index (χ4v) is 5.22. The highest BCUT2D eigenvalue weighted by atomic mass is 32.1. The van der Waals surface area contributed by atoms with Crippen LogP contribution < -0.4 is 9.80 Å². The molecule has 8 nitrogen and oxygen atoms in total. The number of nitrogens with zero attached hydrogens (tertiary/aromatic N) is 6. The summed E-state index contributed by atoms with van der Waals surface area (Å²) < 4.78 is 0. The molecule has 0 fully saturated rings. The summed E-state index contributed by atoms with van der Waals surface area (Å²) in [5.74, 6) is -0.0219. The molecule has 186 valence electrons. The van der Waals surface area contributed by atoms with E-state index in [9.17, 15) is 9.59 Å². The van der Waals surface area contributed by atoms with Crippen LogP contribution in [0.1, 0.15) is 34.0 Å². The highest BCUT2D eigenvalue weighted by Crippen LogP contribution is 2.24. The van der Waals surface area contributed by atoms with Gasteiger partial charge >= 0.3 is 0 Å². The van der Waals surface area contributed by atoms with Gasteiger partial charge in [-0.05, 0) is 24.0 Å². The van der Waals surface area contributed by atoms with E-state index in [1.807, 2.05) is 60.7 Å². The SMILES string of the molecule is CN(C(=O)Cc1ccccc1)c1nnc(CCCCc2nnc(N(C)C(=O)Cc3ccccc3)s2)s1. The van der Waals surface area contributed by atoms with Crippen LogP contribution in [0, 0.1) is 0 Å². The number of aryl methyl sites for hydroxylation is 2. The van der Waals surface area contributed by atoms with Crippen molar-refractivity contribution < 1.29 is 9.59 Å². The average Bonchev–Trinajstić information content (AvgIpc) is 3.57. The van der Waals surface area contributed by atoms with Crippen LogP contribution in [-0.2, 0) is 35.3 Å². The van der Waals surface area contributed by atoms with Crippen molar-refractivity contribution in [3.63, 3.8) is 0 Å². The summed E-state index contributed by atoms with van der Waals surface area (Å²) in [6.07, 6.45) is 4.10. The van der Waals surface area contributed by atoms with Crippen LogP contribution in [0.5, 0.6) is 0 Å². The van der Waals surface area contributed by atoms with E-state index in [4.69, 9.17) is 0 Å². The van der Waals surface area contributed by atoms with Gasteiger partial charge in [-0.15, -0.1) is 20.4 Å². The van der Waals surface area contributed by atoms with Gasteiger partial charge in [0.05, 0.1) is 12.8 Å². The van der Waals surface area contributed by atoms with Gasteiger partial charge in [0.25, 0.3) is 0 Å². The summed E-state index contributed by atoms with van der Waals surface area (Å²) >= 11 is 2.90. The molecule has 0 radical (unpaired) electrons. The molecule has 2 aromatic carbocycles. The van der Waals surface area contributed by atoms with Crippen molar-refractivity contribution in [2.45, 2.75) is 38.5 Å². The lowest BCUT2D eigenvalue weighted by atomic mass is 10.1. The lowest BCUT2D eigenvalue weighted by Crippen LogP contribution is -2.27. The molecule has 0 atom stereocenters. The third-order valence-corrected chi connectivity index (χ3v) is 7.78. The van der Waals surface area contributed by atoms with E-state index in [0.717, 1.165) is 46.8 Å². The molecule has 0 aliphatic rings. The van der Waals surface area contributed by atoms with Crippen molar-refractivity contribution in [3.8, 4) is 0 Å². The predicted octanol–water partition coefficient (Wildman–Crippen LogP) is 4.37. The highest BCUT2D eigenvalue weighted by molar-refractivity contribution is 7.15. The molecule has 10 heteroatoms. The maximum atomic E-state index is 12.6. The normalized spacial score (nSPS) is 10.8. The number of benzene rings is 2. The molecule has 0 saturated carbocycles.